The molecule has 1 aliphatic rings. The average molecular weight is 321 g/mol. The fourth-order valence-corrected chi connectivity index (χ4v) is 3.08. The number of nitrogens with zero attached hydrogens (tertiary/aromatic N) is 3. The third kappa shape index (κ3) is 2.50. The molecule has 1 amide bonds. The number of carbonyl (C=O) groups excluding carboxylic acids is 1. The average Bonchev–Trinajstić information content (AvgIpc) is 3.09. The number of aromatic amines is 2. The minimum absolute atomic E-state index is 0.00598. The van der Waals surface area contributed by atoms with E-state index in [0.29, 0.717) is 13.1 Å². The Balaban J connectivity index is 1.70. The molecule has 7 heteroatoms. The predicted molar refractivity (Wildman–Crippen MR) is 86.5 cm³/mol. The van der Waals surface area contributed by atoms with Crippen LogP contribution in [0.5, 0.6) is 0 Å². The fraction of sp³-hybridized carbons (Fsp3) is 0.176. The molecule has 120 valence electrons. The van der Waals surface area contributed by atoms with Gasteiger partial charge in [-0.3, -0.25) is 14.6 Å². The first-order chi connectivity index (χ1) is 11.7. The Kier molecular flexibility index (Phi) is 3.45. The topological polar surface area (TPSA) is 94.7 Å². The van der Waals surface area contributed by atoms with Crippen LogP contribution in [0.25, 0.3) is 0 Å². The lowest BCUT2D eigenvalue weighted by Gasteiger charge is -2.32. The molecular formula is C17H15N5O2. The molecule has 2 aromatic heterocycles. The summed E-state index contributed by atoms with van der Waals surface area (Å²) >= 11 is 0. The fourth-order valence-electron chi connectivity index (χ4n) is 3.08. The van der Waals surface area contributed by atoms with Gasteiger partial charge in [-0.1, -0.05) is 30.3 Å². The first-order valence-electron chi connectivity index (χ1n) is 7.63. The molecule has 1 unspecified atom stereocenters. The van der Waals surface area contributed by atoms with E-state index in [1.807, 2.05) is 30.3 Å². The Bertz CT molecular complexity index is 931. The first-order valence-corrected chi connectivity index (χ1v) is 7.63. The van der Waals surface area contributed by atoms with Gasteiger partial charge in [-0.05, 0) is 5.56 Å². The van der Waals surface area contributed by atoms with Gasteiger partial charge in [0.25, 0.3) is 11.5 Å². The number of aromatic nitrogens is 4. The van der Waals surface area contributed by atoms with Crippen LogP contribution in [0.2, 0.25) is 0 Å². The molecule has 24 heavy (non-hydrogen) atoms. The highest BCUT2D eigenvalue weighted by Gasteiger charge is 2.32. The van der Waals surface area contributed by atoms with Gasteiger partial charge in [0, 0.05) is 12.5 Å². The summed E-state index contributed by atoms with van der Waals surface area (Å²) in [6, 6.07) is 9.97. The van der Waals surface area contributed by atoms with E-state index in [1.165, 1.54) is 6.20 Å². The minimum atomic E-state index is -0.389. The molecule has 0 saturated carbocycles. The zero-order chi connectivity index (χ0) is 16.5. The van der Waals surface area contributed by atoms with Crippen LogP contribution in [-0.4, -0.2) is 37.3 Å². The minimum Gasteiger partial charge on any atom is -0.347 e. The molecule has 0 aliphatic carbocycles. The number of imidazole rings is 1. The zero-order valence-corrected chi connectivity index (χ0v) is 12.8. The van der Waals surface area contributed by atoms with Gasteiger partial charge in [0.15, 0.2) is 0 Å². The normalized spacial score (nSPS) is 16.7. The van der Waals surface area contributed by atoms with E-state index < -0.39 is 0 Å². The van der Waals surface area contributed by atoms with Crippen molar-refractivity contribution in [1.82, 2.24) is 24.8 Å². The largest absolute Gasteiger partial charge is 0.347 e. The second kappa shape index (κ2) is 5.77. The maximum atomic E-state index is 12.7. The van der Waals surface area contributed by atoms with Crippen LogP contribution in [-0.2, 0) is 6.54 Å². The highest BCUT2D eigenvalue weighted by molar-refractivity contribution is 5.92. The van der Waals surface area contributed by atoms with Gasteiger partial charge in [0.05, 0.1) is 36.7 Å². The molecule has 0 bridgehead atoms. The number of carbonyl (C=O) groups is 1. The lowest BCUT2D eigenvalue weighted by Crippen LogP contribution is -2.39. The summed E-state index contributed by atoms with van der Waals surface area (Å²) in [5.41, 5.74) is 2.78. The van der Waals surface area contributed by atoms with Crippen molar-refractivity contribution in [3.05, 3.63) is 82.1 Å². The maximum absolute atomic E-state index is 12.7. The van der Waals surface area contributed by atoms with Gasteiger partial charge in [0.2, 0.25) is 0 Å². The first kappa shape index (κ1) is 14.4. The van der Waals surface area contributed by atoms with Crippen molar-refractivity contribution in [1.29, 1.82) is 0 Å². The summed E-state index contributed by atoms with van der Waals surface area (Å²) in [5.74, 6) is -0.255. The molecule has 0 saturated heterocycles. The third-order valence-corrected chi connectivity index (χ3v) is 4.21. The summed E-state index contributed by atoms with van der Waals surface area (Å²) in [6.07, 6.45) is 4.18. The van der Waals surface area contributed by atoms with Gasteiger partial charge in [-0.25, -0.2) is 4.98 Å². The summed E-state index contributed by atoms with van der Waals surface area (Å²) in [6.45, 7) is 0.923. The van der Waals surface area contributed by atoms with Gasteiger partial charge >= 0.3 is 0 Å². The van der Waals surface area contributed by atoms with E-state index in [9.17, 15) is 9.59 Å². The van der Waals surface area contributed by atoms with Gasteiger partial charge in [-0.15, -0.1) is 0 Å². The number of H-pyrrole nitrogens is 2. The lowest BCUT2D eigenvalue weighted by molar-refractivity contribution is 0.0715. The molecular weight excluding hydrogens is 306 g/mol. The van der Waals surface area contributed by atoms with E-state index in [0.717, 1.165) is 23.1 Å². The van der Waals surface area contributed by atoms with E-state index in [1.54, 1.807) is 11.2 Å². The number of hydrogen-bond acceptors (Lipinski definition) is 4. The van der Waals surface area contributed by atoms with Crippen molar-refractivity contribution < 1.29 is 4.79 Å². The molecule has 0 fully saturated rings. The molecule has 1 atom stereocenters. The summed E-state index contributed by atoms with van der Waals surface area (Å²) in [4.78, 5) is 39.7. The molecule has 3 aromatic rings. The molecule has 1 aromatic carbocycles. The maximum Gasteiger partial charge on any atom is 0.272 e. The molecule has 4 rings (SSSR count). The smallest absolute Gasteiger partial charge is 0.272 e. The van der Waals surface area contributed by atoms with Crippen LogP contribution in [0.15, 0.2) is 53.8 Å². The van der Waals surface area contributed by atoms with Crippen LogP contribution in [0.4, 0.5) is 0 Å². The molecule has 7 nitrogen and oxygen atoms in total. The summed E-state index contributed by atoms with van der Waals surface area (Å²) < 4.78 is 0. The van der Waals surface area contributed by atoms with Crippen LogP contribution in [0.3, 0.4) is 0 Å². The highest BCUT2D eigenvalue weighted by atomic mass is 16.2. The molecule has 0 spiro atoms. The molecule has 2 N–H and O–H groups in total. The second-order valence-corrected chi connectivity index (χ2v) is 5.73. The Morgan fingerprint density at radius 1 is 1.21 bits per heavy atom. The molecule has 3 heterocycles. The van der Waals surface area contributed by atoms with Crippen molar-refractivity contribution in [2.75, 3.05) is 6.54 Å². The van der Waals surface area contributed by atoms with Crippen LogP contribution < -0.4 is 5.56 Å². The van der Waals surface area contributed by atoms with Crippen molar-refractivity contribution in [3.63, 3.8) is 0 Å². The third-order valence-electron chi connectivity index (χ3n) is 4.21. The SMILES string of the molecule is O=C(c1cncc(=O)[nH]1)N1Cc2[nH]cnc2C(c2ccccc2)C1. The Morgan fingerprint density at radius 3 is 2.83 bits per heavy atom. The Labute approximate surface area is 137 Å². The van der Waals surface area contributed by atoms with Crippen LogP contribution in [0, 0.1) is 0 Å². The zero-order valence-electron chi connectivity index (χ0n) is 12.8. The van der Waals surface area contributed by atoms with Gasteiger partial charge < -0.3 is 14.9 Å². The summed E-state index contributed by atoms with van der Waals surface area (Å²) in [7, 11) is 0. The number of fused-ring (bicyclic) bond motifs is 1. The second-order valence-electron chi connectivity index (χ2n) is 5.73. The van der Waals surface area contributed by atoms with Crippen molar-refractivity contribution >= 4 is 5.91 Å². The lowest BCUT2D eigenvalue weighted by atomic mass is 9.91. The standard InChI is InChI=1S/C17H15N5O2/c23-15-7-18-6-13(21-15)17(24)22-8-12(11-4-2-1-3-5-11)16-14(9-22)19-10-20-16/h1-7,10,12H,8-9H2,(H,19,20)(H,21,23). The molecule has 0 radical (unpaired) electrons. The van der Waals surface area contributed by atoms with Crippen molar-refractivity contribution in [3.8, 4) is 0 Å². The quantitative estimate of drug-likeness (QED) is 0.743. The number of nitrogens with one attached hydrogen (secondary N) is 2. The monoisotopic (exact) mass is 321 g/mol. The van der Waals surface area contributed by atoms with Crippen molar-refractivity contribution in [2.45, 2.75) is 12.5 Å². The number of hydrogen-bond donors (Lipinski definition) is 2. The van der Waals surface area contributed by atoms with E-state index >= 15 is 0 Å². The summed E-state index contributed by atoms with van der Waals surface area (Å²) in [5, 5.41) is 0. The van der Waals surface area contributed by atoms with Crippen molar-refractivity contribution in [2.24, 2.45) is 0 Å². The number of amides is 1. The van der Waals surface area contributed by atoms with Crippen LogP contribution >= 0.6 is 0 Å². The number of rotatable bonds is 2. The highest BCUT2D eigenvalue weighted by Crippen LogP contribution is 2.31. The van der Waals surface area contributed by atoms with E-state index in [-0.39, 0.29) is 23.1 Å². The van der Waals surface area contributed by atoms with E-state index in [2.05, 4.69) is 19.9 Å². The van der Waals surface area contributed by atoms with Gasteiger partial charge in [-0.2, -0.15) is 0 Å². The Morgan fingerprint density at radius 2 is 2.04 bits per heavy atom. The van der Waals surface area contributed by atoms with Crippen LogP contribution in [0.1, 0.15) is 33.4 Å². The van der Waals surface area contributed by atoms with E-state index in [4.69, 9.17) is 0 Å². The van der Waals surface area contributed by atoms with Gasteiger partial charge in [0.1, 0.15) is 5.69 Å². The number of benzene rings is 1. The Hall–Kier alpha value is -3.22. The molecule has 1 aliphatic heterocycles. The predicted octanol–water partition coefficient (Wildman–Crippen LogP) is 1.28.